The Balaban J connectivity index is 1.64. The molecule has 1 fully saturated rings. The van der Waals surface area contributed by atoms with E-state index in [9.17, 15) is 9.18 Å². The second-order valence-corrected chi connectivity index (χ2v) is 8.15. The lowest BCUT2D eigenvalue weighted by atomic mass is 10.0. The fraction of sp³-hybridized carbons (Fsp3) is 0.458. The van der Waals surface area contributed by atoms with Crippen LogP contribution in [0.1, 0.15) is 37.8 Å². The van der Waals surface area contributed by atoms with E-state index in [2.05, 4.69) is 11.9 Å². The Hall–Kier alpha value is -2.60. The first kappa shape index (κ1) is 22.1. The average Bonchev–Trinajstić information content (AvgIpc) is 2.73. The highest BCUT2D eigenvalue weighted by Gasteiger charge is 2.28. The molecule has 1 aliphatic rings. The van der Waals surface area contributed by atoms with Crippen molar-refractivity contribution in [3.8, 4) is 5.75 Å². The molecular formula is C24H31FN2O3. The molecule has 0 spiro atoms. The molecule has 1 aliphatic heterocycles. The molecule has 162 valence electrons. The number of piperidine rings is 1. The average molecular weight is 415 g/mol. The van der Waals surface area contributed by atoms with Gasteiger partial charge in [-0.3, -0.25) is 0 Å². The number of carbonyl (C=O) groups excluding carboxylic acids is 1. The lowest BCUT2D eigenvalue weighted by Gasteiger charge is -2.36. The number of hydrogen-bond donors (Lipinski definition) is 0. The highest BCUT2D eigenvalue weighted by atomic mass is 19.1. The molecule has 0 aromatic heterocycles. The topological polar surface area (TPSA) is 42.0 Å². The number of carbonyl (C=O) groups is 1. The summed E-state index contributed by atoms with van der Waals surface area (Å²) < 4.78 is 24.6. The maximum Gasteiger partial charge on any atom is 0.410 e. The van der Waals surface area contributed by atoms with Gasteiger partial charge in [-0.1, -0.05) is 24.3 Å². The van der Waals surface area contributed by atoms with Crippen molar-refractivity contribution in [2.75, 3.05) is 20.1 Å². The molecule has 1 saturated heterocycles. The molecule has 0 aliphatic carbocycles. The maximum atomic E-state index is 13.3. The third-order valence-corrected chi connectivity index (χ3v) is 5.29. The predicted molar refractivity (Wildman–Crippen MR) is 115 cm³/mol. The van der Waals surface area contributed by atoms with Crippen molar-refractivity contribution in [3.63, 3.8) is 0 Å². The quantitative estimate of drug-likeness (QED) is 0.650. The second-order valence-electron chi connectivity index (χ2n) is 8.15. The summed E-state index contributed by atoms with van der Waals surface area (Å²) in [6.45, 7) is 6.45. The van der Waals surface area contributed by atoms with Crippen LogP contribution in [0.2, 0.25) is 0 Å². The minimum Gasteiger partial charge on any atom is -0.491 e. The van der Waals surface area contributed by atoms with Crippen LogP contribution in [-0.2, 0) is 17.9 Å². The van der Waals surface area contributed by atoms with Gasteiger partial charge in [-0.15, -0.1) is 0 Å². The molecular weight excluding hydrogens is 383 g/mol. The summed E-state index contributed by atoms with van der Waals surface area (Å²) in [6, 6.07) is 14.0. The summed E-state index contributed by atoms with van der Waals surface area (Å²) >= 11 is 0. The van der Waals surface area contributed by atoms with Crippen LogP contribution in [0.15, 0.2) is 48.5 Å². The van der Waals surface area contributed by atoms with Crippen molar-refractivity contribution in [2.24, 2.45) is 0 Å². The number of ether oxygens (including phenoxy) is 2. The van der Waals surface area contributed by atoms with E-state index in [0.29, 0.717) is 6.54 Å². The van der Waals surface area contributed by atoms with Crippen molar-refractivity contribution in [1.29, 1.82) is 0 Å². The minimum absolute atomic E-state index is 0.112. The molecule has 30 heavy (non-hydrogen) atoms. The standard InChI is InChI=1S/C24H31FN2O3/c1-18(2)30-23-10-6-20(7-11-23)17-29-24(28)27(22-12-14-26(3)15-13-22)16-19-4-8-21(25)9-5-19/h4-11,18,22H,12-17H2,1-3H3. The number of benzene rings is 2. The molecule has 2 aromatic carbocycles. The molecule has 0 N–H and O–H groups in total. The highest BCUT2D eigenvalue weighted by Crippen LogP contribution is 2.21. The predicted octanol–water partition coefficient (Wildman–Crippen LogP) is 4.85. The van der Waals surface area contributed by atoms with Crippen molar-refractivity contribution in [2.45, 2.75) is 52.0 Å². The first-order valence-electron chi connectivity index (χ1n) is 10.5. The lowest BCUT2D eigenvalue weighted by Crippen LogP contribution is -2.46. The molecule has 1 heterocycles. The molecule has 1 amide bonds. The smallest absolute Gasteiger partial charge is 0.410 e. The Morgan fingerprint density at radius 2 is 1.67 bits per heavy atom. The minimum atomic E-state index is -0.337. The van der Waals surface area contributed by atoms with Gasteiger partial charge in [0.15, 0.2) is 0 Å². The van der Waals surface area contributed by atoms with Gasteiger partial charge in [0.05, 0.1) is 6.10 Å². The second kappa shape index (κ2) is 10.4. The Labute approximate surface area is 178 Å². The molecule has 5 nitrogen and oxygen atoms in total. The Kier molecular flexibility index (Phi) is 7.69. The van der Waals surface area contributed by atoms with E-state index in [1.807, 2.05) is 38.1 Å². The van der Waals surface area contributed by atoms with E-state index < -0.39 is 0 Å². The van der Waals surface area contributed by atoms with Crippen molar-refractivity contribution in [3.05, 3.63) is 65.5 Å². The normalized spacial score (nSPS) is 15.2. The SMILES string of the molecule is CC(C)Oc1ccc(COC(=O)N(Cc2ccc(F)cc2)C2CCN(C)CC2)cc1. The molecule has 0 unspecified atom stereocenters. The van der Waals surface area contributed by atoms with E-state index in [4.69, 9.17) is 9.47 Å². The summed E-state index contributed by atoms with van der Waals surface area (Å²) in [4.78, 5) is 17.0. The number of rotatable bonds is 7. The largest absolute Gasteiger partial charge is 0.491 e. The number of halogens is 1. The molecule has 6 heteroatoms. The highest BCUT2D eigenvalue weighted by molar-refractivity contribution is 5.68. The zero-order chi connectivity index (χ0) is 21.5. The van der Waals surface area contributed by atoms with Crippen molar-refractivity contribution in [1.82, 2.24) is 9.80 Å². The maximum absolute atomic E-state index is 13.3. The van der Waals surface area contributed by atoms with Gasteiger partial charge < -0.3 is 19.3 Å². The summed E-state index contributed by atoms with van der Waals surface area (Å²) in [5.41, 5.74) is 1.80. The van der Waals surface area contributed by atoms with Crippen LogP contribution in [0.5, 0.6) is 5.75 Å². The van der Waals surface area contributed by atoms with E-state index >= 15 is 0 Å². The Morgan fingerprint density at radius 3 is 2.27 bits per heavy atom. The third-order valence-electron chi connectivity index (χ3n) is 5.29. The van der Waals surface area contributed by atoms with Crippen LogP contribution in [0, 0.1) is 5.82 Å². The summed E-state index contributed by atoms with van der Waals surface area (Å²) in [6.07, 6.45) is 1.57. The van der Waals surface area contributed by atoms with Gasteiger partial charge >= 0.3 is 6.09 Å². The van der Waals surface area contributed by atoms with Gasteiger partial charge in [0.25, 0.3) is 0 Å². The van der Waals surface area contributed by atoms with Crippen LogP contribution < -0.4 is 4.74 Å². The fourth-order valence-corrected chi connectivity index (χ4v) is 3.60. The third kappa shape index (κ3) is 6.46. The van der Waals surface area contributed by atoms with Crippen LogP contribution in [-0.4, -0.2) is 48.2 Å². The van der Waals surface area contributed by atoms with Gasteiger partial charge in [0, 0.05) is 12.6 Å². The van der Waals surface area contributed by atoms with Gasteiger partial charge in [0.2, 0.25) is 0 Å². The van der Waals surface area contributed by atoms with E-state index in [1.54, 1.807) is 17.0 Å². The van der Waals surface area contributed by atoms with Crippen molar-refractivity contribution >= 4 is 6.09 Å². The Morgan fingerprint density at radius 1 is 1.07 bits per heavy atom. The van der Waals surface area contributed by atoms with E-state index in [-0.39, 0.29) is 30.7 Å². The summed E-state index contributed by atoms with van der Waals surface area (Å²) in [5, 5.41) is 0. The van der Waals surface area contributed by atoms with Gasteiger partial charge in [-0.05, 0) is 82.2 Å². The zero-order valence-electron chi connectivity index (χ0n) is 18.0. The van der Waals surface area contributed by atoms with E-state index in [1.165, 1.54) is 12.1 Å². The van der Waals surface area contributed by atoms with Crippen LogP contribution in [0.25, 0.3) is 0 Å². The molecule has 0 atom stereocenters. The molecule has 0 saturated carbocycles. The summed E-state index contributed by atoms with van der Waals surface area (Å²) in [5.74, 6) is 0.515. The fourth-order valence-electron chi connectivity index (χ4n) is 3.60. The van der Waals surface area contributed by atoms with Gasteiger partial charge in [-0.25, -0.2) is 9.18 Å². The Bertz CT molecular complexity index is 800. The number of nitrogens with zero attached hydrogens (tertiary/aromatic N) is 2. The van der Waals surface area contributed by atoms with Crippen LogP contribution in [0.4, 0.5) is 9.18 Å². The zero-order valence-corrected chi connectivity index (χ0v) is 18.0. The van der Waals surface area contributed by atoms with Crippen LogP contribution in [0.3, 0.4) is 0 Å². The van der Waals surface area contributed by atoms with Gasteiger partial charge in [0.1, 0.15) is 18.2 Å². The first-order valence-corrected chi connectivity index (χ1v) is 10.5. The monoisotopic (exact) mass is 414 g/mol. The number of amides is 1. The van der Waals surface area contributed by atoms with Crippen LogP contribution >= 0.6 is 0 Å². The number of hydrogen-bond acceptors (Lipinski definition) is 4. The molecule has 0 radical (unpaired) electrons. The van der Waals surface area contributed by atoms with Crippen molar-refractivity contribution < 1.29 is 18.7 Å². The lowest BCUT2D eigenvalue weighted by molar-refractivity contribution is 0.0604. The first-order chi connectivity index (χ1) is 14.4. The van der Waals surface area contributed by atoms with E-state index in [0.717, 1.165) is 42.8 Å². The molecule has 2 aromatic rings. The summed E-state index contributed by atoms with van der Waals surface area (Å²) in [7, 11) is 2.09. The number of likely N-dealkylation sites (tertiary alicyclic amines) is 1. The van der Waals surface area contributed by atoms with Gasteiger partial charge in [-0.2, -0.15) is 0 Å². The molecule has 0 bridgehead atoms. The molecule has 3 rings (SSSR count).